The fourth-order valence-electron chi connectivity index (χ4n) is 2.54. The molecule has 9 heteroatoms. The number of ketones is 1. The van der Waals surface area contributed by atoms with Crippen molar-refractivity contribution in [2.45, 2.75) is 32.8 Å². The van der Waals surface area contributed by atoms with Crippen LogP contribution in [0.1, 0.15) is 36.5 Å². The number of carbonyl (C=O) groups excluding carboxylic acids is 3. The highest BCUT2D eigenvalue weighted by atomic mass is 32.1. The monoisotopic (exact) mass is 413 g/mol. The van der Waals surface area contributed by atoms with E-state index in [1.54, 1.807) is 24.3 Å². The van der Waals surface area contributed by atoms with Crippen LogP contribution in [-0.2, 0) is 20.7 Å². The lowest BCUT2D eigenvalue weighted by Gasteiger charge is -2.12. The van der Waals surface area contributed by atoms with E-state index in [0.29, 0.717) is 23.0 Å². The van der Waals surface area contributed by atoms with Gasteiger partial charge in [0.1, 0.15) is 0 Å². The van der Waals surface area contributed by atoms with Gasteiger partial charge in [-0.1, -0.05) is 5.16 Å². The van der Waals surface area contributed by atoms with Crippen LogP contribution in [0.4, 0.5) is 5.69 Å². The quantitative estimate of drug-likeness (QED) is 0.444. The largest absolute Gasteiger partial charge is 0.454 e. The predicted octanol–water partition coefficient (Wildman–Crippen LogP) is 3.50. The molecule has 0 fully saturated rings. The van der Waals surface area contributed by atoms with E-state index in [0.717, 1.165) is 5.56 Å². The van der Waals surface area contributed by atoms with Crippen molar-refractivity contribution >= 4 is 34.7 Å². The lowest BCUT2D eigenvalue weighted by molar-refractivity contribution is -0.146. The van der Waals surface area contributed by atoms with Crippen molar-refractivity contribution < 1.29 is 23.6 Å². The van der Waals surface area contributed by atoms with Gasteiger partial charge in [-0.3, -0.25) is 14.4 Å². The van der Waals surface area contributed by atoms with Crippen molar-refractivity contribution in [2.75, 3.05) is 5.32 Å². The van der Waals surface area contributed by atoms with Gasteiger partial charge in [-0.05, 0) is 42.6 Å². The molecule has 0 saturated carbocycles. The second-order valence-corrected chi connectivity index (χ2v) is 7.06. The molecule has 0 aliphatic rings. The van der Waals surface area contributed by atoms with Gasteiger partial charge in [0.2, 0.25) is 23.4 Å². The number of rotatable bonds is 8. The highest BCUT2D eigenvalue weighted by Gasteiger charge is 2.20. The number of hydrogen-bond donors (Lipinski definition) is 1. The molecule has 2 aromatic heterocycles. The maximum atomic E-state index is 12.4. The number of aromatic nitrogens is 2. The van der Waals surface area contributed by atoms with Gasteiger partial charge in [-0.25, -0.2) is 0 Å². The maximum absolute atomic E-state index is 12.4. The second-order valence-electron chi connectivity index (χ2n) is 6.28. The van der Waals surface area contributed by atoms with Crippen molar-refractivity contribution in [3.05, 3.63) is 52.5 Å². The van der Waals surface area contributed by atoms with Gasteiger partial charge in [0, 0.05) is 35.5 Å². The fourth-order valence-corrected chi connectivity index (χ4v) is 3.17. The van der Waals surface area contributed by atoms with Gasteiger partial charge in [0.15, 0.2) is 6.10 Å². The molecule has 2 heterocycles. The number of ether oxygens (including phenoxy) is 1. The first-order valence-electron chi connectivity index (χ1n) is 8.89. The molecule has 0 unspecified atom stereocenters. The summed E-state index contributed by atoms with van der Waals surface area (Å²) in [5.41, 5.74) is 1.83. The highest BCUT2D eigenvalue weighted by molar-refractivity contribution is 7.08. The third-order valence-electron chi connectivity index (χ3n) is 3.96. The van der Waals surface area contributed by atoms with Crippen LogP contribution in [0.5, 0.6) is 0 Å². The van der Waals surface area contributed by atoms with Gasteiger partial charge >= 0.3 is 5.97 Å². The van der Waals surface area contributed by atoms with E-state index in [-0.39, 0.29) is 24.5 Å². The standard InChI is InChI=1S/C20H19N3O5S/c1-12(19(26)14-3-5-16(6-4-14)21-13(2)24)27-18(25)8-7-17-22-20(23-28-17)15-9-10-29-11-15/h3-6,9-12H,7-8H2,1-2H3,(H,21,24)/t12-/m0/s1. The van der Waals surface area contributed by atoms with Crippen molar-refractivity contribution in [1.82, 2.24) is 10.1 Å². The summed E-state index contributed by atoms with van der Waals surface area (Å²) in [6.45, 7) is 2.92. The number of carbonyl (C=O) groups is 3. The van der Waals surface area contributed by atoms with Crippen LogP contribution >= 0.6 is 11.3 Å². The summed E-state index contributed by atoms with van der Waals surface area (Å²) in [6.07, 6.45) is -0.690. The van der Waals surface area contributed by atoms with E-state index in [1.165, 1.54) is 25.2 Å². The summed E-state index contributed by atoms with van der Waals surface area (Å²) in [6, 6.07) is 8.25. The number of thiophene rings is 1. The average Bonchev–Trinajstić information content (AvgIpc) is 3.37. The summed E-state index contributed by atoms with van der Waals surface area (Å²) in [5.74, 6) is -0.257. The van der Waals surface area contributed by atoms with E-state index in [4.69, 9.17) is 9.26 Å². The molecule has 1 N–H and O–H groups in total. The molecule has 150 valence electrons. The number of esters is 1. The SMILES string of the molecule is CC(=O)Nc1ccc(C(=O)[C@H](C)OC(=O)CCc2nc(-c3ccsc3)no2)cc1. The zero-order valence-electron chi connectivity index (χ0n) is 15.9. The number of Topliss-reactive ketones (excluding diaryl/α,β-unsaturated/α-hetero) is 1. The molecule has 3 aromatic rings. The van der Waals surface area contributed by atoms with E-state index in [1.807, 2.05) is 16.8 Å². The van der Waals surface area contributed by atoms with Crippen LogP contribution in [0.2, 0.25) is 0 Å². The Morgan fingerprint density at radius 2 is 1.97 bits per heavy atom. The first-order valence-corrected chi connectivity index (χ1v) is 9.83. The topological polar surface area (TPSA) is 111 Å². The minimum atomic E-state index is -0.932. The third kappa shape index (κ3) is 5.58. The molecule has 1 amide bonds. The van der Waals surface area contributed by atoms with Gasteiger partial charge < -0.3 is 14.6 Å². The number of nitrogens with zero attached hydrogens (tertiary/aromatic N) is 2. The zero-order valence-corrected chi connectivity index (χ0v) is 16.7. The van der Waals surface area contributed by atoms with Crippen LogP contribution in [0.3, 0.4) is 0 Å². The van der Waals surface area contributed by atoms with Gasteiger partial charge in [0.05, 0.1) is 6.42 Å². The molecule has 0 aliphatic carbocycles. The molecule has 0 spiro atoms. The predicted molar refractivity (Wildman–Crippen MR) is 107 cm³/mol. The molecular weight excluding hydrogens is 394 g/mol. The van der Waals surface area contributed by atoms with E-state index < -0.39 is 12.1 Å². The fraction of sp³-hybridized carbons (Fsp3) is 0.250. The van der Waals surface area contributed by atoms with Gasteiger partial charge in [0.25, 0.3) is 0 Å². The Labute approximate surface area is 170 Å². The van der Waals surface area contributed by atoms with Crippen LogP contribution in [0.15, 0.2) is 45.6 Å². The van der Waals surface area contributed by atoms with Gasteiger partial charge in [-0.15, -0.1) is 0 Å². The molecule has 0 bridgehead atoms. The zero-order chi connectivity index (χ0) is 20.8. The average molecular weight is 413 g/mol. The molecule has 0 saturated heterocycles. The Morgan fingerprint density at radius 1 is 1.21 bits per heavy atom. The van der Waals surface area contributed by atoms with Crippen molar-refractivity contribution in [3.8, 4) is 11.4 Å². The summed E-state index contributed by atoms with van der Waals surface area (Å²) in [4.78, 5) is 39.8. The number of hydrogen-bond acceptors (Lipinski definition) is 8. The number of nitrogens with one attached hydrogen (secondary N) is 1. The Balaban J connectivity index is 1.49. The lowest BCUT2D eigenvalue weighted by atomic mass is 10.1. The molecule has 1 aromatic carbocycles. The Kier molecular flexibility index (Phi) is 6.50. The second kappa shape index (κ2) is 9.24. The van der Waals surface area contributed by atoms with Crippen LogP contribution in [-0.4, -0.2) is 33.9 Å². The van der Waals surface area contributed by atoms with Crippen molar-refractivity contribution in [1.29, 1.82) is 0 Å². The molecular formula is C20H19N3O5S. The smallest absolute Gasteiger partial charge is 0.307 e. The maximum Gasteiger partial charge on any atom is 0.307 e. The first kappa shape index (κ1) is 20.4. The number of anilines is 1. The third-order valence-corrected chi connectivity index (χ3v) is 4.64. The minimum absolute atomic E-state index is 0.0182. The molecule has 3 rings (SSSR count). The van der Waals surface area contributed by atoms with E-state index in [2.05, 4.69) is 15.5 Å². The first-order chi connectivity index (χ1) is 13.9. The van der Waals surface area contributed by atoms with E-state index >= 15 is 0 Å². The Morgan fingerprint density at radius 3 is 2.62 bits per heavy atom. The van der Waals surface area contributed by atoms with Crippen molar-refractivity contribution in [2.24, 2.45) is 0 Å². The van der Waals surface area contributed by atoms with Gasteiger partial charge in [-0.2, -0.15) is 16.3 Å². The van der Waals surface area contributed by atoms with Crippen LogP contribution in [0.25, 0.3) is 11.4 Å². The summed E-state index contributed by atoms with van der Waals surface area (Å²) >= 11 is 1.53. The number of aryl methyl sites for hydroxylation is 1. The Hall–Kier alpha value is -3.33. The molecule has 1 atom stereocenters. The molecule has 29 heavy (non-hydrogen) atoms. The highest BCUT2D eigenvalue weighted by Crippen LogP contribution is 2.19. The normalized spacial score (nSPS) is 11.7. The minimum Gasteiger partial charge on any atom is -0.454 e. The molecule has 0 radical (unpaired) electrons. The van der Waals surface area contributed by atoms with Crippen LogP contribution < -0.4 is 5.32 Å². The number of amides is 1. The summed E-state index contributed by atoms with van der Waals surface area (Å²) in [5, 5.41) is 10.3. The Bertz CT molecular complexity index is 996. The van der Waals surface area contributed by atoms with Crippen LogP contribution in [0, 0.1) is 0 Å². The molecule has 8 nitrogen and oxygen atoms in total. The summed E-state index contributed by atoms with van der Waals surface area (Å²) in [7, 11) is 0. The van der Waals surface area contributed by atoms with Crippen molar-refractivity contribution in [3.63, 3.8) is 0 Å². The van der Waals surface area contributed by atoms with E-state index in [9.17, 15) is 14.4 Å². The summed E-state index contributed by atoms with van der Waals surface area (Å²) < 4.78 is 10.4. The molecule has 0 aliphatic heterocycles. The number of benzene rings is 1. The lowest BCUT2D eigenvalue weighted by Crippen LogP contribution is -2.24.